The first-order valence-corrected chi connectivity index (χ1v) is 8.60. The zero-order valence-electron chi connectivity index (χ0n) is 14.8. The second-order valence-corrected chi connectivity index (χ2v) is 6.00. The standard InChI is InChI=1S/C19H19N5O3/c1-13-22-17(11-18(23-13)24-8-2-3-9-24)20-6-7-21-19(25)14-4-5-15-16(10-14)27-12-26-15/h2-5,8-11H,6-7,12H2,1H3,(H,21,25)(H,20,22,23). The Balaban J connectivity index is 1.32. The van der Waals surface area contributed by atoms with Crippen molar-refractivity contribution in [2.24, 2.45) is 0 Å². The Morgan fingerprint density at radius 2 is 1.93 bits per heavy atom. The lowest BCUT2D eigenvalue weighted by Crippen LogP contribution is -2.28. The van der Waals surface area contributed by atoms with Crippen molar-refractivity contribution < 1.29 is 14.3 Å². The fourth-order valence-corrected chi connectivity index (χ4v) is 2.77. The minimum atomic E-state index is -0.165. The predicted molar refractivity (Wildman–Crippen MR) is 99.5 cm³/mol. The Bertz CT molecular complexity index is 956. The van der Waals surface area contributed by atoms with Crippen molar-refractivity contribution in [3.8, 4) is 17.3 Å². The van der Waals surface area contributed by atoms with Crippen molar-refractivity contribution in [1.82, 2.24) is 19.9 Å². The van der Waals surface area contributed by atoms with Crippen LogP contribution in [0.15, 0.2) is 48.8 Å². The predicted octanol–water partition coefficient (Wildman–Crippen LogP) is 2.15. The molecule has 0 saturated heterocycles. The van der Waals surface area contributed by atoms with Gasteiger partial charge in [0.2, 0.25) is 6.79 Å². The Labute approximate surface area is 156 Å². The summed E-state index contributed by atoms with van der Waals surface area (Å²) in [7, 11) is 0. The zero-order chi connectivity index (χ0) is 18.6. The molecule has 138 valence electrons. The van der Waals surface area contributed by atoms with Gasteiger partial charge in [-0.15, -0.1) is 0 Å². The average Bonchev–Trinajstić information content (AvgIpc) is 3.35. The lowest BCUT2D eigenvalue weighted by atomic mass is 10.2. The molecule has 27 heavy (non-hydrogen) atoms. The van der Waals surface area contributed by atoms with Crippen LogP contribution in [0.1, 0.15) is 16.2 Å². The van der Waals surface area contributed by atoms with Crippen molar-refractivity contribution in [3.63, 3.8) is 0 Å². The van der Waals surface area contributed by atoms with E-state index in [9.17, 15) is 4.79 Å². The van der Waals surface area contributed by atoms with Gasteiger partial charge in [0.1, 0.15) is 17.5 Å². The summed E-state index contributed by atoms with van der Waals surface area (Å²) in [6, 6.07) is 10.9. The summed E-state index contributed by atoms with van der Waals surface area (Å²) in [5, 5.41) is 6.08. The lowest BCUT2D eigenvalue weighted by molar-refractivity contribution is 0.0954. The highest BCUT2D eigenvalue weighted by Crippen LogP contribution is 2.32. The number of nitrogens with one attached hydrogen (secondary N) is 2. The summed E-state index contributed by atoms with van der Waals surface area (Å²) < 4.78 is 12.5. The van der Waals surface area contributed by atoms with Crippen molar-refractivity contribution in [3.05, 3.63) is 60.2 Å². The molecule has 0 bridgehead atoms. The van der Waals surface area contributed by atoms with Gasteiger partial charge < -0.3 is 24.7 Å². The molecule has 3 aromatic rings. The molecule has 0 spiro atoms. The third-order valence-corrected chi connectivity index (χ3v) is 4.04. The fraction of sp³-hybridized carbons (Fsp3) is 0.211. The molecule has 8 heteroatoms. The molecule has 0 atom stereocenters. The van der Waals surface area contributed by atoms with Crippen molar-refractivity contribution in [2.75, 3.05) is 25.2 Å². The van der Waals surface area contributed by atoms with Gasteiger partial charge in [-0.3, -0.25) is 4.79 Å². The molecule has 8 nitrogen and oxygen atoms in total. The molecule has 0 fully saturated rings. The van der Waals surface area contributed by atoms with Crippen LogP contribution in [0, 0.1) is 6.92 Å². The van der Waals surface area contributed by atoms with Crippen LogP contribution in [0.3, 0.4) is 0 Å². The summed E-state index contributed by atoms with van der Waals surface area (Å²) >= 11 is 0. The van der Waals surface area contributed by atoms with E-state index in [0.717, 1.165) is 5.82 Å². The number of carbonyl (C=O) groups excluding carboxylic acids is 1. The Kier molecular flexibility index (Phi) is 4.61. The Morgan fingerprint density at radius 1 is 1.11 bits per heavy atom. The Morgan fingerprint density at radius 3 is 2.78 bits per heavy atom. The van der Waals surface area contributed by atoms with Crippen LogP contribution < -0.4 is 20.1 Å². The minimum absolute atomic E-state index is 0.165. The van der Waals surface area contributed by atoms with E-state index in [-0.39, 0.29) is 12.7 Å². The summed E-state index contributed by atoms with van der Waals surface area (Å²) in [5.74, 6) is 3.26. The number of nitrogens with zero attached hydrogens (tertiary/aromatic N) is 3. The first-order chi connectivity index (χ1) is 13.2. The monoisotopic (exact) mass is 365 g/mol. The van der Waals surface area contributed by atoms with E-state index in [4.69, 9.17) is 9.47 Å². The van der Waals surface area contributed by atoms with Crippen LogP contribution >= 0.6 is 0 Å². The Hall–Kier alpha value is -3.55. The number of anilines is 1. The summed E-state index contributed by atoms with van der Waals surface area (Å²) in [5.41, 5.74) is 0.534. The van der Waals surface area contributed by atoms with E-state index < -0.39 is 0 Å². The van der Waals surface area contributed by atoms with Crippen molar-refractivity contribution >= 4 is 11.7 Å². The van der Waals surface area contributed by atoms with E-state index in [2.05, 4.69) is 20.6 Å². The van der Waals surface area contributed by atoms with Gasteiger partial charge in [-0.1, -0.05) is 0 Å². The van der Waals surface area contributed by atoms with E-state index in [0.29, 0.717) is 41.8 Å². The highest BCUT2D eigenvalue weighted by molar-refractivity contribution is 5.94. The van der Waals surface area contributed by atoms with E-state index in [1.54, 1.807) is 18.2 Å². The van der Waals surface area contributed by atoms with Gasteiger partial charge in [0.05, 0.1) is 0 Å². The number of fused-ring (bicyclic) bond motifs is 1. The summed E-state index contributed by atoms with van der Waals surface area (Å²) in [6.07, 6.45) is 3.86. The summed E-state index contributed by atoms with van der Waals surface area (Å²) in [6.45, 7) is 3.03. The second-order valence-electron chi connectivity index (χ2n) is 6.00. The second kappa shape index (κ2) is 7.36. The minimum Gasteiger partial charge on any atom is -0.454 e. The first-order valence-electron chi connectivity index (χ1n) is 8.60. The molecule has 0 unspecified atom stereocenters. The van der Waals surface area contributed by atoms with Crippen LogP contribution in [-0.2, 0) is 0 Å². The number of benzene rings is 1. The fourth-order valence-electron chi connectivity index (χ4n) is 2.77. The zero-order valence-corrected chi connectivity index (χ0v) is 14.8. The van der Waals surface area contributed by atoms with Crippen LogP contribution in [0.5, 0.6) is 11.5 Å². The number of rotatable bonds is 6. The third-order valence-electron chi connectivity index (χ3n) is 4.04. The smallest absolute Gasteiger partial charge is 0.251 e. The van der Waals surface area contributed by atoms with Gasteiger partial charge in [-0.2, -0.15) is 0 Å². The normalized spacial score (nSPS) is 12.0. The lowest BCUT2D eigenvalue weighted by Gasteiger charge is -2.10. The maximum atomic E-state index is 12.3. The maximum absolute atomic E-state index is 12.3. The van der Waals surface area contributed by atoms with Gasteiger partial charge in [0.15, 0.2) is 11.5 Å². The number of hydrogen-bond acceptors (Lipinski definition) is 6. The highest BCUT2D eigenvalue weighted by atomic mass is 16.7. The van der Waals surface area contributed by atoms with Crippen molar-refractivity contribution in [1.29, 1.82) is 0 Å². The molecule has 3 heterocycles. The highest BCUT2D eigenvalue weighted by Gasteiger charge is 2.15. The number of aryl methyl sites for hydroxylation is 1. The quantitative estimate of drug-likeness (QED) is 0.651. The molecule has 1 aromatic carbocycles. The van der Waals surface area contributed by atoms with Gasteiger partial charge in [-0.25, -0.2) is 9.97 Å². The third kappa shape index (κ3) is 3.84. The molecule has 0 saturated carbocycles. The summed E-state index contributed by atoms with van der Waals surface area (Å²) in [4.78, 5) is 21.1. The van der Waals surface area contributed by atoms with E-state index >= 15 is 0 Å². The molecular weight excluding hydrogens is 346 g/mol. The number of aromatic nitrogens is 3. The largest absolute Gasteiger partial charge is 0.454 e. The van der Waals surface area contributed by atoms with Crippen molar-refractivity contribution in [2.45, 2.75) is 6.92 Å². The average molecular weight is 365 g/mol. The maximum Gasteiger partial charge on any atom is 0.251 e. The van der Waals surface area contributed by atoms with E-state index in [1.165, 1.54) is 0 Å². The van der Waals surface area contributed by atoms with Gasteiger partial charge in [0, 0.05) is 37.1 Å². The van der Waals surface area contributed by atoms with Crippen LogP contribution in [0.4, 0.5) is 5.82 Å². The molecule has 0 aliphatic carbocycles. The van der Waals surface area contributed by atoms with Gasteiger partial charge in [-0.05, 0) is 37.3 Å². The molecule has 4 rings (SSSR count). The molecule has 0 radical (unpaired) electrons. The van der Waals surface area contributed by atoms with Crippen LogP contribution in [-0.4, -0.2) is 40.3 Å². The molecular formula is C19H19N5O3. The number of hydrogen-bond donors (Lipinski definition) is 2. The number of carbonyl (C=O) groups is 1. The molecule has 1 aliphatic heterocycles. The SMILES string of the molecule is Cc1nc(NCCNC(=O)c2ccc3c(c2)OCO3)cc(-n2cccc2)n1. The molecule has 1 amide bonds. The van der Waals surface area contributed by atoms with Crippen LogP contribution in [0.25, 0.3) is 5.82 Å². The molecule has 2 aromatic heterocycles. The van der Waals surface area contributed by atoms with Gasteiger partial charge >= 0.3 is 0 Å². The van der Waals surface area contributed by atoms with Crippen LogP contribution in [0.2, 0.25) is 0 Å². The van der Waals surface area contributed by atoms with E-state index in [1.807, 2.05) is 42.1 Å². The topological polar surface area (TPSA) is 90.3 Å². The van der Waals surface area contributed by atoms with Gasteiger partial charge in [0.25, 0.3) is 5.91 Å². The number of ether oxygens (including phenoxy) is 2. The number of amides is 1. The molecule has 1 aliphatic rings. The first kappa shape index (κ1) is 16.9. The molecule has 2 N–H and O–H groups in total.